The maximum atomic E-state index is 11.7. The second-order valence-electron chi connectivity index (χ2n) is 4.96. The average molecular weight is 351 g/mol. The molecule has 23 heavy (non-hydrogen) atoms. The van der Waals surface area contributed by atoms with Gasteiger partial charge in [0, 0.05) is 19.2 Å². The third kappa shape index (κ3) is 3.52. The molecule has 0 aromatic heterocycles. The molecule has 0 bridgehead atoms. The van der Waals surface area contributed by atoms with Gasteiger partial charge >= 0.3 is 0 Å². The zero-order valence-electron chi connectivity index (χ0n) is 12.0. The number of nitro benzene ring substituents is 1. The molecule has 0 spiro atoms. The van der Waals surface area contributed by atoms with Crippen molar-refractivity contribution in [3.8, 4) is 0 Å². The Balaban J connectivity index is 1.93. The molecular formula is C14H13N3O4S2. The Morgan fingerprint density at radius 3 is 2.74 bits per heavy atom. The summed E-state index contributed by atoms with van der Waals surface area (Å²) in [6, 6.07) is 4.96. The van der Waals surface area contributed by atoms with Crippen molar-refractivity contribution in [2.24, 2.45) is 0 Å². The number of amides is 1. The quantitative estimate of drug-likeness (QED) is 0.385. The fraction of sp³-hybridized carbons (Fsp3) is 0.286. The van der Waals surface area contributed by atoms with E-state index < -0.39 is 4.92 Å². The van der Waals surface area contributed by atoms with Crippen LogP contribution in [0.5, 0.6) is 0 Å². The predicted octanol–water partition coefficient (Wildman–Crippen LogP) is 1.92. The van der Waals surface area contributed by atoms with Crippen molar-refractivity contribution in [3.05, 3.63) is 38.8 Å². The minimum atomic E-state index is -0.403. The van der Waals surface area contributed by atoms with E-state index in [-0.39, 0.29) is 11.6 Å². The normalized spacial score (nSPS) is 20.0. The summed E-state index contributed by atoms with van der Waals surface area (Å²) in [6.07, 6.45) is 1.61. The molecule has 3 rings (SSSR count). The van der Waals surface area contributed by atoms with Gasteiger partial charge in [-0.05, 0) is 17.7 Å². The van der Waals surface area contributed by atoms with Crippen molar-refractivity contribution < 1.29 is 14.5 Å². The van der Waals surface area contributed by atoms with E-state index in [1.165, 1.54) is 6.07 Å². The number of hydrogen-bond donors (Lipinski definition) is 1. The van der Waals surface area contributed by atoms with Gasteiger partial charge in [0.2, 0.25) is 0 Å². The van der Waals surface area contributed by atoms with E-state index in [1.54, 1.807) is 18.2 Å². The van der Waals surface area contributed by atoms with Crippen LogP contribution in [0.4, 0.5) is 11.4 Å². The van der Waals surface area contributed by atoms with Gasteiger partial charge in [0.25, 0.3) is 11.6 Å². The Hall–Kier alpha value is -1.97. The number of rotatable bonds is 3. The number of morpholine rings is 1. The SMILES string of the molecule is O=C1NC(=S)S/C1=C/c1ccc(N2CCOCC2)c([N+](=O)[O-])c1. The van der Waals surface area contributed by atoms with Crippen LogP contribution in [-0.4, -0.2) is 41.5 Å². The highest BCUT2D eigenvalue weighted by molar-refractivity contribution is 8.26. The molecule has 1 aromatic rings. The first-order chi connectivity index (χ1) is 11.0. The summed E-state index contributed by atoms with van der Waals surface area (Å²) in [6.45, 7) is 2.34. The molecule has 0 aliphatic carbocycles. The van der Waals surface area contributed by atoms with Crippen molar-refractivity contribution in [3.63, 3.8) is 0 Å². The van der Waals surface area contributed by atoms with Gasteiger partial charge in [-0.15, -0.1) is 0 Å². The molecule has 2 fully saturated rings. The number of nitrogens with zero attached hydrogens (tertiary/aromatic N) is 2. The van der Waals surface area contributed by atoms with Crippen LogP contribution in [0.25, 0.3) is 6.08 Å². The first kappa shape index (κ1) is 15.9. The maximum absolute atomic E-state index is 11.7. The van der Waals surface area contributed by atoms with Crippen LogP contribution in [0, 0.1) is 10.1 Å². The summed E-state index contributed by atoms with van der Waals surface area (Å²) in [4.78, 5) is 25.0. The van der Waals surface area contributed by atoms with Crippen LogP contribution >= 0.6 is 24.0 Å². The highest BCUT2D eigenvalue weighted by Gasteiger charge is 2.24. The third-order valence-corrected chi connectivity index (χ3v) is 4.65. The lowest BCUT2D eigenvalue weighted by atomic mass is 10.1. The lowest BCUT2D eigenvalue weighted by Gasteiger charge is -2.28. The number of nitro groups is 1. The summed E-state index contributed by atoms with van der Waals surface area (Å²) in [5, 5.41) is 13.9. The van der Waals surface area contributed by atoms with Gasteiger partial charge in [0.1, 0.15) is 10.0 Å². The van der Waals surface area contributed by atoms with Gasteiger partial charge in [-0.3, -0.25) is 14.9 Å². The van der Waals surface area contributed by atoms with E-state index >= 15 is 0 Å². The molecule has 0 radical (unpaired) electrons. The summed E-state index contributed by atoms with van der Waals surface area (Å²) in [7, 11) is 0. The molecule has 2 heterocycles. The molecule has 7 nitrogen and oxygen atoms in total. The van der Waals surface area contributed by atoms with Gasteiger partial charge in [0.05, 0.1) is 23.0 Å². The fourth-order valence-corrected chi connectivity index (χ4v) is 3.46. The second kappa shape index (κ2) is 6.65. The Morgan fingerprint density at radius 1 is 1.39 bits per heavy atom. The third-order valence-electron chi connectivity index (χ3n) is 3.49. The van der Waals surface area contributed by atoms with E-state index in [4.69, 9.17) is 17.0 Å². The Kier molecular flexibility index (Phi) is 4.60. The Bertz CT molecular complexity index is 714. The highest BCUT2D eigenvalue weighted by Crippen LogP contribution is 2.32. The summed E-state index contributed by atoms with van der Waals surface area (Å²) < 4.78 is 5.66. The molecule has 120 valence electrons. The minimum Gasteiger partial charge on any atom is -0.378 e. The lowest BCUT2D eigenvalue weighted by Crippen LogP contribution is -2.36. The first-order valence-electron chi connectivity index (χ1n) is 6.90. The highest BCUT2D eigenvalue weighted by atomic mass is 32.2. The van der Waals surface area contributed by atoms with Crippen molar-refractivity contribution in [2.45, 2.75) is 0 Å². The van der Waals surface area contributed by atoms with E-state index in [0.717, 1.165) is 11.8 Å². The molecule has 2 saturated heterocycles. The zero-order chi connectivity index (χ0) is 16.4. The zero-order valence-corrected chi connectivity index (χ0v) is 13.6. The minimum absolute atomic E-state index is 0.0206. The number of thiocarbonyl (C=S) groups is 1. The number of nitrogens with one attached hydrogen (secondary N) is 1. The van der Waals surface area contributed by atoms with Crippen LogP contribution in [0.15, 0.2) is 23.1 Å². The van der Waals surface area contributed by atoms with Crippen LogP contribution in [-0.2, 0) is 9.53 Å². The van der Waals surface area contributed by atoms with E-state index in [1.807, 2.05) is 4.90 Å². The van der Waals surface area contributed by atoms with Crippen molar-refractivity contribution >= 4 is 51.7 Å². The van der Waals surface area contributed by atoms with E-state index in [2.05, 4.69) is 5.32 Å². The van der Waals surface area contributed by atoms with Crippen LogP contribution in [0.3, 0.4) is 0 Å². The maximum Gasteiger partial charge on any atom is 0.293 e. The second-order valence-corrected chi connectivity index (χ2v) is 6.68. The number of ether oxygens (including phenoxy) is 1. The monoisotopic (exact) mass is 351 g/mol. The molecule has 1 aromatic carbocycles. The topological polar surface area (TPSA) is 84.7 Å². The van der Waals surface area contributed by atoms with Crippen LogP contribution in [0.1, 0.15) is 5.56 Å². The average Bonchev–Trinajstić information content (AvgIpc) is 2.85. The molecule has 1 N–H and O–H groups in total. The number of thioether (sulfide) groups is 1. The molecule has 2 aliphatic heterocycles. The molecule has 2 aliphatic rings. The van der Waals surface area contributed by atoms with E-state index in [0.29, 0.717) is 46.8 Å². The van der Waals surface area contributed by atoms with Gasteiger partial charge in [-0.1, -0.05) is 30.0 Å². The standard InChI is InChI=1S/C14H13N3O4S2/c18-13-12(23-14(22)15-13)8-9-1-2-10(11(7-9)17(19)20)16-3-5-21-6-4-16/h1-2,7-8H,3-6H2,(H,15,18,22)/b12-8+. The summed E-state index contributed by atoms with van der Waals surface area (Å²) in [5.41, 5.74) is 1.18. The number of carbonyl (C=O) groups is 1. The molecule has 0 unspecified atom stereocenters. The van der Waals surface area contributed by atoms with E-state index in [9.17, 15) is 14.9 Å². The molecule has 0 atom stereocenters. The Labute approximate surface area is 141 Å². The summed E-state index contributed by atoms with van der Waals surface area (Å²) >= 11 is 6.08. The van der Waals surface area contributed by atoms with Crippen LogP contribution < -0.4 is 10.2 Å². The number of hydrogen-bond acceptors (Lipinski definition) is 7. The smallest absolute Gasteiger partial charge is 0.293 e. The van der Waals surface area contributed by atoms with Crippen molar-refractivity contribution in [1.82, 2.24) is 5.32 Å². The van der Waals surface area contributed by atoms with Gasteiger partial charge < -0.3 is 15.0 Å². The number of benzene rings is 1. The largest absolute Gasteiger partial charge is 0.378 e. The number of anilines is 1. The summed E-state index contributed by atoms with van der Waals surface area (Å²) in [5.74, 6) is -0.278. The first-order valence-corrected chi connectivity index (χ1v) is 8.13. The van der Waals surface area contributed by atoms with Gasteiger partial charge in [-0.25, -0.2) is 0 Å². The predicted molar refractivity (Wildman–Crippen MR) is 92.4 cm³/mol. The molecule has 1 amide bonds. The van der Waals surface area contributed by atoms with Gasteiger partial charge in [0.15, 0.2) is 0 Å². The van der Waals surface area contributed by atoms with Crippen molar-refractivity contribution in [1.29, 1.82) is 0 Å². The molecular weight excluding hydrogens is 338 g/mol. The lowest BCUT2D eigenvalue weighted by molar-refractivity contribution is -0.384. The fourth-order valence-electron chi connectivity index (χ4n) is 2.42. The van der Waals surface area contributed by atoms with Crippen LogP contribution in [0.2, 0.25) is 0 Å². The molecule has 0 saturated carbocycles. The number of carbonyl (C=O) groups excluding carboxylic acids is 1. The van der Waals surface area contributed by atoms with Gasteiger partial charge in [-0.2, -0.15) is 0 Å². The Morgan fingerprint density at radius 2 is 2.13 bits per heavy atom. The van der Waals surface area contributed by atoms with Crippen molar-refractivity contribution in [2.75, 3.05) is 31.2 Å². The molecule has 9 heteroatoms.